The van der Waals surface area contributed by atoms with Gasteiger partial charge in [-0.25, -0.2) is 8.42 Å². The molecule has 1 atom stereocenters. The number of sulfonamides is 1. The molecule has 44 heavy (non-hydrogen) atoms. The lowest BCUT2D eigenvalue weighted by Crippen LogP contribution is -2.53. The Morgan fingerprint density at radius 3 is 2.34 bits per heavy atom. The zero-order chi connectivity index (χ0) is 31.9. The molecule has 1 unspecified atom stereocenters. The molecule has 1 N–H and O–H groups in total. The summed E-state index contributed by atoms with van der Waals surface area (Å²) in [6.45, 7) is 2.97. The zero-order valence-electron chi connectivity index (χ0n) is 25.6. The van der Waals surface area contributed by atoms with Gasteiger partial charge in [-0.15, -0.1) is 0 Å². The predicted octanol–water partition coefficient (Wildman–Crippen LogP) is 5.73. The highest BCUT2D eigenvalue weighted by molar-refractivity contribution is 7.92. The van der Waals surface area contributed by atoms with Crippen LogP contribution in [0.25, 0.3) is 0 Å². The molecule has 1 aliphatic carbocycles. The van der Waals surface area contributed by atoms with Gasteiger partial charge in [0.15, 0.2) is 0 Å². The lowest BCUT2D eigenvalue weighted by molar-refractivity contribution is -0.139. The van der Waals surface area contributed by atoms with E-state index in [1.807, 2.05) is 13.0 Å². The molecule has 0 heterocycles. The molecule has 236 valence electrons. The van der Waals surface area contributed by atoms with Crippen molar-refractivity contribution in [1.82, 2.24) is 10.2 Å². The van der Waals surface area contributed by atoms with Gasteiger partial charge in [0.05, 0.1) is 24.8 Å². The molecule has 1 fully saturated rings. The molecule has 9 nitrogen and oxygen atoms in total. The largest absolute Gasteiger partial charge is 0.497 e. The van der Waals surface area contributed by atoms with E-state index in [2.05, 4.69) is 5.32 Å². The molecule has 0 aliphatic heterocycles. The first kappa shape index (κ1) is 33.1. The lowest BCUT2D eigenvalue weighted by atomic mass is 9.95. The minimum absolute atomic E-state index is 0.000337. The van der Waals surface area contributed by atoms with E-state index in [1.165, 1.54) is 30.2 Å². The fourth-order valence-corrected chi connectivity index (χ4v) is 6.91. The van der Waals surface area contributed by atoms with Crippen LogP contribution in [0.3, 0.4) is 0 Å². The minimum atomic E-state index is -4.27. The van der Waals surface area contributed by atoms with Gasteiger partial charge in [0.25, 0.3) is 10.0 Å². The summed E-state index contributed by atoms with van der Waals surface area (Å²) in [5.41, 5.74) is 1.71. The smallest absolute Gasteiger partial charge is 0.264 e. The predicted molar refractivity (Wildman–Crippen MR) is 172 cm³/mol. The summed E-state index contributed by atoms with van der Waals surface area (Å²) in [4.78, 5) is 29.2. The Morgan fingerprint density at radius 1 is 0.977 bits per heavy atom. The Kier molecular flexibility index (Phi) is 11.2. The summed E-state index contributed by atoms with van der Waals surface area (Å²) in [7, 11) is -1.31. The minimum Gasteiger partial charge on any atom is -0.497 e. The monoisotopic (exact) mass is 641 g/mol. The molecule has 3 aromatic rings. The number of rotatable bonds is 12. The van der Waals surface area contributed by atoms with Gasteiger partial charge >= 0.3 is 0 Å². The van der Waals surface area contributed by atoms with Gasteiger partial charge in [0.2, 0.25) is 11.8 Å². The number of aryl methyl sites for hydroxylation is 1. The summed E-state index contributed by atoms with van der Waals surface area (Å²) in [5, 5.41) is 3.38. The van der Waals surface area contributed by atoms with Crippen LogP contribution < -0.4 is 19.1 Å². The number of benzene rings is 3. The highest BCUT2D eigenvalue weighted by Crippen LogP contribution is 2.35. The van der Waals surface area contributed by atoms with E-state index in [4.69, 9.17) is 21.1 Å². The zero-order valence-corrected chi connectivity index (χ0v) is 27.2. The van der Waals surface area contributed by atoms with Crippen LogP contribution in [0.4, 0.5) is 5.69 Å². The van der Waals surface area contributed by atoms with Crippen molar-refractivity contribution in [2.24, 2.45) is 0 Å². The molecule has 4 rings (SSSR count). The molecule has 0 spiro atoms. The van der Waals surface area contributed by atoms with Gasteiger partial charge in [-0.3, -0.25) is 13.9 Å². The molecule has 1 saturated carbocycles. The van der Waals surface area contributed by atoms with Crippen molar-refractivity contribution in [1.29, 1.82) is 0 Å². The Labute approximate surface area is 265 Å². The number of hydrogen-bond acceptors (Lipinski definition) is 6. The van der Waals surface area contributed by atoms with Crippen LogP contribution in [-0.2, 0) is 26.2 Å². The highest BCUT2D eigenvalue weighted by Gasteiger charge is 2.34. The summed E-state index contributed by atoms with van der Waals surface area (Å²) >= 11 is 6.32. The van der Waals surface area contributed by atoms with Crippen molar-refractivity contribution in [3.63, 3.8) is 0 Å². The molecule has 1 aliphatic rings. The SMILES string of the molecule is COc1cccc(CN(C(=O)CN(c2cc(Cl)ccc2OC)S(=O)(=O)c2ccc(C)cc2)C(C)C(=O)NC2CCCCC2)c1. The number of halogens is 1. The number of nitrogens with one attached hydrogen (secondary N) is 1. The average Bonchev–Trinajstić information content (AvgIpc) is 3.02. The molecular weight excluding hydrogens is 602 g/mol. The number of nitrogens with zero attached hydrogens (tertiary/aromatic N) is 2. The van der Waals surface area contributed by atoms with Gasteiger partial charge in [0, 0.05) is 17.6 Å². The fraction of sp³-hybridized carbons (Fsp3) is 0.394. The van der Waals surface area contributed by atoms with Crippen molar-refractivity contribution in [2.45, 2.75) is 69.5 Å². The summed E-state index contributed by atoms with van der Waals surface area (Å²) in [6, 6.07) is 17.3. The second-order valence-electron chi connectivity index (χ2n) is 11.0. The molecule has 2 amide bonds. The van der Waals surface area contributed by atoms with E-state index < -0.39 is 28.5 Å². The third-order valence-electron chi connectivity index (χ3n) is 7.90. The Bertz CT molecular complexity index is 1560. The first-order valence-corrected chi connectivity index (χ1v) is 16.5. The van der Waals surface area contributed by atoms with E-state index in [1.54, 1.807) is 56.5 Å². The molecular formula is C33H40ClN3O6S. The third kappa shape index (κ3) is 8.04. The molecule has 3 aromatic carbocycles. The van der Waals surface area contributed by atoms with Crippen LogP contribution in [0.15, 0.2) is 71.6 Å². The average molecular weight is 642 g/mol. The van der Waals surface area contributed by atoms with Crippen LogP contribution in [0.2, 0.25) is 5.02 Å². The second-order valence-corrected chi connectivity index (χ2v) is 13.3. The topological polar surface area (TPSA) is 105 Å². The van der Waals surface area contributed by atoms with Gasteiger partial charge in [-0.1, -0.05) is 60.7 Å². The maximum atomic E-state index is 14.3. The summed E-state index contributed by atoms with van der Waals surface area (Å²) < 4.78 is 40.2. The van der Waals surface area contributed by atoms with E-state index in [0.29, 0.717) is 5.75 Å². The van der Waals surface area contributed by atoms with E-state index in [9.17, 15) is 18.0 Å². The van der Waals surface area contributed by atoms with Crippen molar-refractivity contribution >= 4 is 39.1 Å². The van der Waals surface area contributed by atoms with Gasteiger partial charge in [0.1, 0.15) is 24.1 Å². The lowest BCUT2D eigenvalue weighted by Gasteiger charge is -2.33. The number of carbonyl (C=O) groups excluding carboxylic acids is 2. The van der Waals surface area contributed by atoms with Gasteiger partial charge in [-0.05, 0) is 74.7 Å². The summed E-state index contributed by atoms with van der Waals surface area (Å²) in [6.07, 6.45) is 5.00. The van der Waals surface area contributed by atoms with Crippen molar-refractivity contribution in [2.75, 3.05) is 25.1 Å². The van der Waals surface area contributed by atoms with E-state index in [0.717, 1.165) is 47.5 Å². The number of carbonyl (C=O) groups is 2. The van der Waals surface area contributed by atoms with E-state index in [-0.39, 0.29) is 39.8 Å². The highest BCUT2D eigenvalue weighted by atomic mass is 35.5. The maximum absolute atomic E-state index is 14.3. The number of hydrogen-bond donors (Lipinski definition) is 1. The first-order valence-electron chi connectivity index (χ1n) is 14.7. The maximum Gasteiger partial charge on any atom is 0.264 e. The first-order chi connectivity index (χ1) is 21.0. The fourth-order valence-electron chi connectivity index (χ4n) is 5.33. The third-order valence-corrected chi connectivity index (χ3v) is 9.91. The number of amides is 2. The molecule has 11 heteroatoms. The van der Waals surface area contributed by atoms with Crippen molar-refractivity contribution in [3.8, 4) is 11.5 Å². The van der Waals surface area contributed by atoms with Crippen molar-refractivity contribution < 1.29 is 27.5 Å². The second kappa shape index (κ2) is 14.8. The van der Waals surface area contributed by atoms with Crippen LogP contribution >= 0.6 is 11.6 Å². The molecule has 0 aromatic heterocycles. The molecule has 0 saturated heterocycles. The van der Waals surface area contributed by atoms with Gasteiger partial charge < -0.3 is 19.7 Å². The Morgan fingerprint density at radius 2 is 1.68 bits per heavy atom. The van der Waals surface area contributed by atoms with Crippen LogP contribution in [0, 0.1) is 6.92 Å². The van der Waals surface area contributed by atoms with Crippen molar-refractivity contribution in [3.05, 3.63) is 82.9 Å². The van der Waals surface area contributed by atoms with Crippen LogP contribution in [-0.4, -0.2) is 58.0 Å². The Hall–Kier alpha value is -3.76. The number of methoxy groups -OCH3 is 2. The number of ether oxygens (including phenoxy) is 2. The van der Waals surface area contributed by atoms with Crippen LogP contribution in [0.1, 0.15) is 50.2 Å². The van der Waals surface area contributed by atoms with E-state index >= 15 is 0 Å². The summed E-state index contributed by atoms with van der Waals surface area (Å²) in [5.74, 6) is -0.0416. The van der Waals surface area contributed by atoms with Gasteiger partial charge in [-0.2, -0.15) is 0 Å². The quantitative estimate of drug-likeness (QED) is 0.271. The molecule has 0 radical (unpaired) electrons. The Balaban J connectivity index is 1.74. The van der Waals surface area contributed by atoms with Crippen LogP contribution in [0.5, 0.6) is 11.5 Å². The number of anilines is 1. The molecule has 0 bridgehead atoms. The normalized spacial score (nSPS) is 14.4. The standard InChI is InChI=1S/C33H40ClN3O6S/c1-23-13-16-29(17-14-23)44(40,41)37(30-20-26(34)15-18-31(30)43-4)22-32(38)36(21-25-9-8-12-28(19-25)42-3)24(2)33(39)35-27-10-6-5-7-11-27/h8-9,12-20,24,27H,5-7,10-11,21-22H2,1-4H3,(H,35,39).